The number of amides is 1. The molecule has 7 heteroatoms. The van der Waals surface area contributed by atoms with Gasteiger partial charge in [-0.3, -0.25) is 9.20 Å². The van der Waals surface area contributed by atoms with E-state index in [1.54, 1.807) is 41.6 Å². The highest BCUT2D eigenvalue weighted by Gasteiger charge is 2.22. The van der Waals surface area contributed by atoms with Crippen molar-refractivity contribution in [3.8, 4) is 11.1 Å². The van der Waals surface area contributed by atoms with Gasteiger partial charge in [0.2, 0.25) is 5.91 Å². The summed E-state index contributed by atoms with van der Waals surface area (Å²) in [6, 6.07) is 8.33. The Morgan fingerprint density at radius 1 is 1.19 bits per heavy atom. The summed E-state index contributed by atoms with van der Waals surface area (Å²) in [5.74, 6) is 0.529. The summed E-state index contributed by atoms with van der Waals surface area (Å²) in [7, 11) is 0. The van der Waals surface area contributed by atoms with Crippen molar-refractivity contribution in [3.63, 3.8) is 0 Å². The van der Waals surface area contributed by atoms with E-state index < -0.39 is 0 Å². The van der Waals surface area contributed by atoms with Crippen LogP contribution in [0.5, 0.6) is 0 Å². The fourth-order valence-corrected chi connectivity index (χ4v) is 3.64. The zero-order chi connectivity index (χ0) is 19.0. The number of rotatable bonds is 3. The summed E-state index contributed by atoms with van der Waals surface area (Å²) >= 11 is 6.46. The first kappa shape index (κ1) is 17.5. The third kappa shape index (κ3) is 3.17. The van der Waals surface area contributed by atoms with Crippen molar-refractivity contribution in [3.05, 3.63) is 66.2 Å². The summed E-state index contributed by atoms with van der Waals surface area (Å²) in [6.45, 7) is 6.17. The van der Waals surface area contributed by atoms with Crippen molar-refractivity contribution in [1.82, 2.24) is 14.3 Å². The van der Waals surface area contributed by atoms with Gasteiger partial charge in [0.1, 0.15) is 17.3 Å². The lowest BCUT2D eigenvalue weighted by Gasteiger charge is -2.35. The molecule has 138 valence electrons. The number of hydrogen-bond acceptors (Lipinski definition) is 3. The zero-order valence-corrected chi connectivity index (χ0v) is 15.4. The lowest BCUT2D eigenvalue weighted by atomic mass is 10.1. The Kier molecular flexibility index (Phi) is 4.58. The van der Waals surface area contributed by atoms with Crippen molar-refractivity contribution < 1.29 is 9.18 Å². The van der Waals surface area contributed by atoms with Crippen LogP contribution in [-0.2, 0) is 4.79 Å². The number of imidazole rings is 1. The molecule has 1 aliphatic heterocycles. The molecule has 0 saturated carbocycles. The van der Waals surface area contributed by atoms with Crippen LogP contribution in [0.3, 0.4) is 0 Å². The predicted molar refractivity (Wildman–Crippen MR) is 105 cm³/mol. The Labute approximate surface area is 161 Å². The van der Waals surface area contributed by atoms with Crippen LogP contribution >= 0.6 is 11.6 Å². The Morgan fingerprint density at radius 2 is 1.93 bits per heavy atom. The summed E-state index contributed by atoms with van der Waals surface area (Å²) < 4.78 is 16.0. The Bertz CT molecular complexity index is 1020. The van der Waals surface area contributed by atoms with Crippen LogP contribution < -0.4 is 4.90 Å². The number of piperazine rings is 1. The molecule has 3 heterocycles. The summed E-state index contributed by atoms with van der Waals surface area (Å²) in [4.78, 5) is 20.1. The van der Waals surface area contributed by atoms with E-state index in [1.807, 2.05) is 4.40 Å². The number of fused-ring (bicyclic) bond motifs is 1. The van der Waals surface area contributed by atoms with Gasteiger partial charge in [0, 0.05) is 43.5 Å². The lowest BCUT2D eigenvalue weighted by Crippen LogP contribution is -2.48. The number of carbonyl (C=O) groups excluding carboxylic acids is 1. The number of halogens is 2. The number of nitrogens with zero attached hydrogens (tertiary/aromatic N) is 4. The second-order valence-corrected chi connectivity index (χ2v) is 6.78. The van der Waals surface area contributed by atoms with Gasteiger partial charge in [-0.25, -0.2) is 9.37 Å². The van der Waals surface area contributed by atoms with E-state index in [-0.39, 0.29) is 11.7 Å². The van der Waals surface area contributed by atoms with Crippen molar-refractivity contribution in [2.45, 2.75) is 0 Å². The maximum Gasteiger partial charge on any atom is 0.246 e. The number of aromatic nitrogens is 2. The zero-order valence-electron chi connectivity index (χ0n) is 14.6. The van der Waals surface area contributed by atoms with Crippen LogP contribution in [0.4, 0.5) is 10.2 Å². The molecule has 0 N–H and O–H groups in total. The SMILES string of the molecule is C=CC(=O)N1CCN(c2cnc3cc(-c4ccccc4F)c(Cl)cn23)CC1. The van der Waals surface area contributed by atoms with Crippen LogP contribution in [0, 0.1) is 5.82 Å². The van der Waals surface area contributed by atoms with E-state index in [1.165, 1.54) is 12.1 Å². The van der Waals surface area contributed by atoms with Gasteiger partial charge in [-0.1, -0.05) is 36.4 Å². The van der Waals surface area contributed by atoms with E-state index in [2.05, 4.69) is 16.5 Å². The highest BCUT2D eigenvalue weighted by atomic mass is 35.5. The molecular formula is C20H18ClFN4O. The Morgan fingerprint density at radius 3 is 2.63 bits per heavy atom. The van der Waals surface area contributed by atoms with Crippen LogP contribution in [0.2, 0.25) is 5.02 Å². The molecule has 3 aromatic rings. The fraction of sp³-hybridized carbons (Fsp3) is 0.200. The van der Waals surface area contributed by atoms with Crippen LogP contribution in [-0.4, -0.2) is 46.4 Å². The predicted octanol–water partition coefficient (Wildman–Crippen LogP) is 3.63. The first-order chi connectivity index (χ1) is 13.1. The summed E-state index contributed by atoms with van der Waals surface area (Å²) in [6.07, 6.45) is 4.89. The molecule has 1 aromatic carbocycles. The largest absolute Gasteiger partial charge is 0.353 e. The number of benzene rings is 1. The molecule has 2 aromatic heterocycles. The number of carbonyl (C=O) groups is 1. The van der Waals surface area contributed by atoms with E-state index in [4.69, 9.17) is 11.6 Å². The molecule has 1 fully saturated rings. The van der Waals surface area contributed by atoms with Gasteiger partial charge in [0.25, 0.3) is 0 Å². The third-order valence-electron chi connectivity index (χ3n) is 4.83. The second-order valence-electron chi connectivity index (χ2n) is 6.38. The second kappa shape index (κ2) is 7.04. The molecule has 0 unspecified atom stereocenters. The van der Waals surface area contributed by atoms with Crippen molar-refractivity contribution >= 4 is 29.0 Å². The van der Waals surface area contributed by atoms with E-state index in [9.17, 15) is 9.18 Å². The smallest absolute Gasteiger partial charge is 0.246 e. The average molecular weight is 385 g/mol. The molecule has 0 bridgehead atoms. The quantitative estimate of drug-likeness (QED) is 0.647. The number of hydrogen-bond donors (Lipinski definition) is 0. The Balaban J connectivity index is 1.65. The minimum Gasteiger partial charge on any atom is -0.353 e. The standard InChI is InChI=1S/C20H18ClFN4O/c1-2-20(27)25-9-7-24(8-10-25)19-12-23-18-11-15(16(21)13-26(18)19)14-5-3-4-6-17(14)22/h2-6,11-13H,1,7-10H2. The molecule has 0 radical (unpaired) electrons. The van der Waals surface area contributed by atoms with Crippen LogP contribution in [0.15, 0.2) is 55.4 Å². The Hall–Kier alpha value is -2.86. The van der Waals surface area contributed by atoms with Crippen molar-refractivity contribution in [1.29, 1.82) is 0 Å². The van der Waals surface area contributed by atoms with Gasteiger partial charge in [-0.05, 0) is 18.2 Å². The minimum absolute atomic E-state index is 0.0506. The summed E-state index contributed by atoms with van der Waals surface area (Å²) in [5, 5.41) is 0.451. The molecular weight excluding hydrogens is 367 g/mol. The highest BCUT2D eigenvalue weighted by molar-refractivity contribution is 6.33. The third-order valence-corrected chi connectivity index (χ3v) is 5.13. The lowest BCUT2D eigenvalue weighted by molar-refractivity contribution is -0.126. The molecule has 1 aliphatic rings. The topological polar surface area (TPSA) is 40.9 Å². The molecule has 0 atom stereocenters. The van der Waals surface area contributed by atoms with Gasteiger partial charge in [0.05, 0.1) is 11.2 Å². The van der Waals surface area contributed by atoms with E-state index >= 15 is 0 Å². The van der Waals surface area contributed by atoms with Crippen molar-refractivity contribution in [2.24, 2.45) is 0 Å². The van der Waals surface area contributed by atoms with E-state index in [0.29, 0.717) is 48.0 Å². The maximum atomic E-state index is 14.1. The molecule has 1 saturated heterocycles. The van der Waals surface area contributed by atoms with Gasteiger partial charge in [-0.15, -0.1) is 0 Å². The highest BCUT2D eigenvalue weighted by Crippen LogP contribution is 2.32. The molecule has 0 aliphatic carbocycles. The first-order valence-corrected chi connectivity index (χ1v) is 9.04. The minimum atomic E-state index is -0.321. The van der Waals surface area contributed by atoms with Gasteiger partial charge in [-0.2, -0.15) is 0 Å². The van der Waals surface area contributed by atoms with Crippen molar-refractivity contribution in [2.75, 3.05) is 31.1 Å². The molecule has 27 heavy (non-hydrogen) atoms. The number of anilines is 1. The van der Waals surface area contributed by atoms with Crippen LogP contribution in [0.1, 0.15) is 0 Å². The van der Waals surface area contributed by atoms with Gasteiger partial charge >= 0.3 is 0 Å². The van der Waals surface area contributed by atoms with E-state index in [0.717, 1.165) is 5.82 Å². The van der Waals surface area contributed by atoms with Gasteiger partial charge in [0.15, 0.2) is 0 Å². The molecule has 4 rings (SSSR count). The molecule has 0 spiro atoms. The normalized spacial score (nSPS) is 14.6. The first-order valence-electron chi connectivity index (χ1n) is 8.66. The average Bonchev–Trinajstić information content (AvgIpc) is 3.10. The molecule has 5 nitrogen and oxygen atoms in total. The molecule has 1 amide bonds. The monoisotopic (exact) mass is 384 g/mol. The summed E-state index contributed by atoms with van der Waals surface area (Å²) in [5.41, 5.74) is 1.75. The number of pyridine rings is 1. The van der Waals surface area contributed by atoms with Gasteiger partial charge < -0.3 is 9.80 Å². The fourth-order valence-electron chi connectivity index (χ4n) is 3.39. The van der Waals surface area contributed by atoms with Crippen LogP contribution in [0.25, 0.3) is 16.8 Å². The maximum absolute atomic E-state index is 14.1.